The Kier molecular flexibility index (Phi) is 5.82. The average Bonchev–Trinajstić information content (AvgIpc) is 3.36. The molecule has 178 valence electrons. The van der Waals surface area contributed by atoms with E-state index in [9.17, 15) is 9.59 Å². The van der Waals surface area contributed by atoms with Crippen LogP contribution >= 0.6 is 11.6 Å². The second kappa shape index (κ2) is 8.96. The Morgan fingerprint density at radius 2 is 1.86 bits per heavy atom. The van der Waals surface area contributed by atoms with Crippen molar-refractivity contribution in [3.05, 3.63) is 87.4 Å². The fraction of sp³-hybridized carbons (Fsp3) is 0.192. The fourth-order valence-electron chi connectivity index (χ4n) is 4.03. The van der Waals surface area contributed by atoms with Gasteiger partial charge in [-0.2, -0.15) is 0 Å². The first-order chi connectivity index (χ1) is 16.9. The molecule has 5 rings (SSSR count). The molecule has 0 aliphatic carbocycles. The number of carbonyl (C=O) groups excluding carboxylic acids is 1. The zero-order chi connectivity index (χ0) is 24.7. The number of hydrogen-bond acceptors (Lipinski definition) is 6. The molecule has 35 heavy (non-hydrogen) atoms. The summed E-state index contributed by atoms with van der Waals surface area (Å²) in [5, 5.41) is 0.744. The van der Waals surface area contributed by atoms with Crippen molar-refractivity contribution in [1.29, 1.82) is 0 Å². The van der Waals surface area contributed by atoms with Gasteiger partial charge in [-0.1, -0.05) is 17.7 Å². The lowest BCUT2D eigenvalue weighted by molar-refractivity contribution is 0.0734. The molecule has 8 nitrogen and oxygen atoms in total. The Hall–Kier alpha value is -4.04. The molecule has 1 aromatic heterocycles. The number of carbonyl (C=O) groups is 1. The SMILES string of the molecule is COc1ccc(-n2c(C(C)N(C)C(=O)c3ccc4c(c3)OCO4)nc3c(Cl)cccc3c2=O)cc1. The third kappa shape index (κ3) is 3.95. The van der Waals surface area contributed by atoms with Crippen molar-refractivity contribution in [3.63, 3.8) is 0 Å². The van der Waals surface area contributed by atoms with Gasteiger partial charge in [0.1, 0.15) is 11.6 Å². The minimum atomic E-state index is -0.580. The normalized spacial score (nSPS) is 13.0. The molecule has 0 saturated carbocycles. The number of aromatic nitrogens is 2. The molecule has 0 radical (unpaired) electrons. The minimum Gasteiger partial charge on any atom is -0.497 e. The topological polar surface area (TPSA) is 82.9 Å². The second-order valence-corrected chi connectivity index (χ2v) is 8.51. The molecule has 0 bridgehead atoms. The van der Waals surface area contributed by atoms with E-state index < -0.39 is 6.04 Å². The van der Waals surface area contributed by atoms with E-state index >= 15 is 0 Å². The van der Waals surface area contributed by atoms with Gasteiger partial charge in [0.05, 0.1) is 34.8 Å². The highest BCUT2D eigenvalue weighted by atomic mass is 35.5. The van der Waals surface area contributed by atoms with Gasteiger partial charge in [0, 0.05) is 12.6 Å². The summed E-state index contributed by atoms with van der Waals surface area (Å²) < 4.78 is 17.5. The number of nitrogens with zero attached hydrogens (tertiary/aromatic N) is 3. The minimum absolute atomic E-state index is 0.120. The number of rotatable bonds is 5. The third-order valence-electron chi connectivity index (χ3n) is 6.10. The van der Waals surface area contributed by atoms with Gasteiger partial charge in [-0.15, -0.1) is 0 Å². The second-order valence-electron chi connectivity index (χ2n) is 8.10. The van der Waals surface area contributed by atoms with Gasteiger partial charge < -0.3 is 19.1 Å². The van der Waals surface area contributed by atoms with Crippen LogP contribution in [-0.4, -0.2) is 41.3 Å². The Balaban J connectivity index is 1.62. The van der Waals surface area contributed by atoms with Crippen LogP contribution in [0.4, 0.5) is 0 Å². The summed E-state index contributed by atoms with van der Waals surface area (Å²) in [6.07, 6.45) is 0. The Labute approximate surface area is 206 Å². The highest BCUT2D eigenvalue weighted by Gasteiger charge is 2.26. The molecule has 3 aromatic carbocycles. The maximum atomic E-state index is 13.7. The molecule has 0 N–H and O–H groups in total. The van der Waals surface area contributed by atoms with E-state index in [4.69, 9.17) is 30.8 Å². The maximum absolute atomic E-state index is 13.7. The van der Waals surface area contributed by atoms with E-state index in [1.807, 2.05) is 6.92 Å². The number of amides is 1. The van der Waals surface area contributed by atoms with Crippen LogP contribution in [0.25, 0.3) is 16.6 Å². The number of para-hydroxylation sites is 1. The van der Waals surface area contributed by atoms with Crippen LogP contribution in [0.5, 0.6) is 17.2 Å². The van der Waals surface area contributed by atoms with Gasteiger partial charge in [-0.25, -0.2) is 4.98 Å². The Bertz CT molecular complexity index is 1500. The van der Waals surface area contributed by atoms with Crippen molar-refractivity contribution in [2.24, 2.45) is 0 Å². The van der Waals surface area contributed by atoms with Crippen LogP contribution in [0.3, 0.4) is 0 Å². The summed E-state index contributed by atoms with van der Waals surface area (Å²) >= 11 is 6.40. The first-order valence-electron chi connectivity index (χ1n) is 10.9. The summed E-state index contributed by atoms with van der Waals surface area (Å²) in [6, 6.07) is 16.6. The summed E-state index contributed by atoms with van der Waals surface area (Å²) in [4.78, 5) is 33.3. The maximum Gasteiger partial charge on any atom is 0.266 e. The molecule has 4 aromatic rings. The molecule has 0 spiro atoms. The number of hydrogen-bond donors (Lipinski definition) is 0. The molecule has 1 aliphatic rings. The predicted molar refractivity (Wildman–Crippen MR) is 132 cm³/mol. The third-order valence-corrected chi connectivity index (χ3v) is 6.41. The van der Waals surface area contributed by atoms with Crippen LogP contribution in [0, 0.1) is 0 Å². The largest absolute Gasteiger partial charge is 0.497 e. The lowest BCUT2D eigenvalue weighted by atomic mass is 10.1. The molecule has 1 unspecified atom stereocenters. The van der Waals surface area contributed by atoms with Crippen LogP contribution in [0.1, 0.15) is 29.1 Å². The van der Waals surface area contributed by atoms with Crippen molar-refractivity contribution >= 4 is 28.4 Å². The van der Waals surface area contributed by atoms with Gasteiger partial charge >= 0.3 is 0 Å². The Morgan fingerprint density at radius 3 is 2.60 bits per heavy atom. The number of fused-ring (bicyclic) bond motifs is 2. The molecular weight excluding hydrogens is 470 g/mol. The highest BCUT2D eigenvalue weighted by molar-refractivity contribution is 6.35. The van der Waals surface area contributed by atoms with E-state index in [-0.39, 0.29) is 18.3 Å². The van der Waals surface area contributed by atoms with E-state index in [1.54, 1.807) is 74.8 Å². The zero-order valence-electron chi connectivity index (χ0n) is 19.3. The lowest BCUT2D eigenvalue weighted by Gasteiger charge is -2.27. The Morgan fingerprint density at radius 1 is 1.11 bits per heavy atom. The highest BCUT2D eigenvalue weighted by Crippen LogP contribution is 2.33. The van der Waals surface area contributed by atoms with Gasteiger partial charge in [-0.3, -0.25) is 14.2 Å². The van der Waals surface area contributed by atoms with Gasteiger partial charge in [0.2, 0.25) is 6.79 Å². The fourth-order valence-corrected chi connectivity index (χ4v) is 4.25. The molecule has 9 heteroatoms. The number of methoxy groups -OCH3 is 1. The van der Waals surface area contributed by atoms with Crippen LogP contribution in [-0.2, 0) is 0 Å². The van der Waals surface area contributed by atoms with E-state index in [2.05, 4.69) is 0 Å². The van der Waals surface area contributed by atoms with Crippen LogP contribution in [0.2, 0.25) is 5.02 Å². The molecule has 1 atom stereocenters. The molecular formula is C26H22ClN3O5. The molecule has 0 fully saturated rings. The summed E-state index contributed by atoms with van der Waals surface area (Å²) in [7, 11) is 3.24. The van der Waals surface area contributed by atoms with Crippen molar-refractivity contribution in [2.75, 3.05) is 21.0 Å². The summed E-state index contributed by atoms with van der Waals surface area (Å²) in [5.41, 5.74) is 1.12. The average molecular weight is 492 g/mol. The standard InChI is InChI=1S/C26H22ClN3O5/c1-15(29(2)25(31)16-7-12-21-22(13-16)35-14-34-21)24-28-23-19(5-4-6-20(23)27)26(32)30(24)17-8-10-18(33-3)11-9-17/h4-13,15H,14H2,1-3H3. The van der Waals surface area contributed by atoms with E-state index in [0.717, 1.165) is 0 Å². The van der Waals surface area contributed by atoms with Gasteiger partial charge in [-0.05, 0) is 61.5 Å². The van der Waals surface area contributed by atoms with Crippen molar-refractivity contribution in [2.45, 2.75) is 13.0 Å². The predicted octanol–water partition coefficient (Wildman–Crippen LogP) is 4.61. The van der Waals surface area contributed by atoms with Crippen molar-refractivity contribution in [1.82, 2.24) is 14.5 Å². The summed E-state index contributed by atoms with van der Waals surface area (Å²) in [5.74, 6) is 1.88. The number of ether oxygens (including phenoxy) is 3. The van der Waals surface area contributed by atoms with Crippen LogP contribution < -0.4 is 19.8 Å². The first-order valence-corrected chi connectivity index (χ1v) is 11.3. The zero-order valence-corrected chi connectivity index (χ0v) is 20.1. The van der Waals surface area contributed by atoms with E-state index in [1.165, 1.54) is 9.47 Å². The first kappa shape index (κ1) is 22.7. The molecule has 0 saturated heterocycles. The summed E-state index contributed by atoms with van der Waals surface area (Å²) in [6.45, 7) is 1.93. The van der Waals surface area contributed by atoms with Crippen molar-refractivity contribution in [3.8, 4) is 22.9 Å². The monoisotopic (exact) mass is 491 g/mol. The van der Waals surface area contributed by atoms with E-state index in [0.29, 0.717) is 50.2 Å². The molecule has 2 heterocycles. The van der Waals surface area contributed by atoms with Gasteiger partial charge in [0.25, 0.3) is 11.5 Å². The molecule has 1 amide bonds. The van der Waals surface area contributed by atoms with Gasteiger partial charge in [0.15, 0.2) is 11.5 Å². The number of halogens is 1. The number of benzene rings is 3. The van der Waals surface area contributed by atoms with Crippen molar-refractivity contribution < 1.29 is 19.0 Å². The lowest BCUT2D eigenvalue weighted by Crippen LogP contribution is -2.35. The quantitative estimate of drug-likeness (QED) is 0.405. The smallest absolute Gasteiger partial charge is 0.266 e. The molecule has 1 aliphatic heterocycles. The van der Waals surface area contributed by atoms with Crippen LogP contribution in [0.15, 0.2) is 65.5 Å².